The van der Waals surface area contributed by atoms with Gasteiger partial charge < -0.3 is 10.2 Å². The molecule has 0 spiro atoms. The molecule has 0 aliphatic heterocycles. The Morgan fingerprint density at radius 3 is 2.43 bits per heavy atom. The van der Waals surface area contributed by atoms with Crippen LogP contribution in [-0.4, -0.2) is 28.9 Å². The molecule has 1 aromatic carbocycles. The van der Waals surface area contributed by atoms with Gasteiger partial charge in [0.2, 0.25) is 0 Å². The van der Waals surface area contributed by atoms with Crippen LogP contribution in [0.15, 0.2) is 48.7 Å². The number of nitrogens with zero attached hydrogens (tertiary/aromatic N) is 2. The van der Waals surface area contributed by atoms with Crippen molar-refractivity contribution in [2.45, 2.75) is 33.2 Å². The topological polar surface area (TPSA) is 45.2 Å². The minimum absolute atomic E-state index is 0.0112. The van der Waals surface area contributed by atoms with Crippen LogP contribution in [0.1, 0.15) is 42.7 Å². The molecule has 1 aromatic heterocycles. The highest BCUT2D eigenvalue weighted by atomic mass is 16.2. The zero-order chi connectivity index (χ0) is 16.5. The van der Waals surface area contributed by atoms with Gasteiger partial charge in [0.1, 0.15) is 5.69 Å². The highest BCUT2D eigenvalue weighted by Crippen LogP contribution is 2.12. The van der Waals surface area contributed by atoms with E-state index >= 15 is 0 Å². The summed E-state index contributed by atoms with van der Waals surface area (Å²) < 4.78 is 0. The summed E-state index contributed by atoms with van der Waals surface area (Å²) in [5.41, 5.74) is 2.63. The molecule has 4 nitrogen and oxygen atoms in total. The van der Waals surface area contributed by atoms with Crippen LogP contribution in [0.5, 0.6) is 0 Å². The molecular weight excluding hydrogens is 286 g/mol. The van der Waals surface area contributed by atoms with E-state index in [-0.39, 0.29) is 5.91 Å². The number of nitrogens with one attached hydrogen (secondary N) is 1. The zero-order valence-corrected chi connectivity index (χ0v) is 14.0. The van der Waals surface area contributed by atoms with Gasteiger partial charge in [-0.2, -0.15) is 0 Å². The number of rotatable bonds is 8. The molecule has 23 heavy (non-hydrogen) atoms. The number of benzene rings is 1. The van der Waals surface area contributed by atoms with E-state index in [1.54, 1.807) is 6.20 Å². The molecule has 0 bridgehead atoms. The second-order valence-corrected chi connectivity index (χ2v) is 5.56. The molecule has 0 radical (unpaired) electrons. The Morgan fingerprint density at radius 1 is 1.09 bits per heavy atom. The number of aromatic nitrogens is 1. The largest absolute Gasteiger partial charge is 0.381 e. The van der Waals surface area contributed by atoms with Crippen LogP contribution in [0.2, 0.25) is 0 Å². The van der Waals surface area contributed by atoms with Crippen molar-refractivity contribution in [3.63, 3.8) is 0 Å². The number of amides is 1. The van der Waals surface area contributed by atoms with Gasteiger partial charge in [-0.3, -0.25) is 9.78 Å². The van der Waals surface area contributed by atoms with Crippen molar-refractivity contribution in [2.75, 3.05) is 18.4 Å². The van der Waals surface area contributed by atoms with E-state index in [9.17, 15) is 4.79 Å². The van der Waals surface area contributed by atoms with Crippen LogP contribution < -0.4 is 5.32 Å². The molecule has 1 heterocycles. The number of carbonyl (C=O) groups excluding carboxylic acids is 1. The van der Waals surface area contributed by atoms with Crippen molar-refractivity contribution in [1.82, 2.24) is 9.88 Å². The third-order valence-corrected chi connectivity index (χ3v) is 3.59. The Hall–Kier alpha value is -2.36. The van der Waals surface area contributed by atoms with Crippen molar-refractivity contribution in [1.29, 1.82) is 0 Å². The molecule has 0 fully saturated rings. The standard InChI is InChI=1S/C19H25N3O/c1-3-12-22(13-4-2)19(23)18-14-17(10-11-20-18)21-15-16-8-6-5-7-9-16/h5-11,14H,3-4,12-13,15H2,1-2H3,(H,20,21). The summed E-state index contributed by atoms with van der Waals surface area (Å²) in [6, 6.07) is 13.9. The van der Waals surface area contributed by atoms with Gasteiger partial charge in [0.15, 0.2) is 0 Å². The SMILES string of the molecule is CCCN(CCC)C(=O)c1cc(NCc2ccccc2)ccn1. The van der Waals surface area contributed by atoms with Crippen molar-refractivity contribution in [3.05, 3.63) is 59.9 Å². The molecule has 4 heteroatoms. The molecule has 1 N–H and O–H groups in total. The van der Waals surface area contributed by atoms with E-state index in [0.29, 0.717) is 5.69 Å². The maximum atomic E-state index is 12.6. The predicted octanol–water partition coefficient (Wildman–Crippen LogP) is 3.96. The smallest absolute Gasteiger partial charge is 0.272 e. The van der Waals surface area contributed by atoms with Gasteiger partial charge in [0, 0.05) is 31.5 Å². The molecule has 0 saturated heterocycles. The highest BCUT2D eigenvalue weighted by Gasteiger charge is 2.15. The Bertz CT molecular complexity index is 607. The first-order chi connectivity index (χ1) is 11.2. The summed E-state index contributed by atoms with van der Waals surface area (Å²) in [7, 11) is 0. The van der Waals surface area contributed by atoms with Crippen LogP contribution >= 0.6 is 0 Å². The molecule has 0 atom stereocenters. The minimum atomic E-state index is 0.0112. The fraction of sp³-hybridized carbons (Fsp3) is 0.368. The van der Waals surface area contributed by atoms with E-state index in [1.807, 2.05) is 35.2 Å². The number of anilines is 1. The van der Waals surface area contributed by atoms with E-state index < -0.39 is 0 Å². The average molecular weight is 311 g/mol. The van der Waals surface area contributed by atoms with Crippen LogP contribution in [0, 0.1) is 0 Å². The van der Waals surface area contributed by atoms with Crippen LogP contribution in [0.3, 0.4) is 0 Å². The maximum Gasteiger partial charge on any atom is 0.272 e. The first kappa shape index (κ1) is 17.0. The fourth-order valence-corrected chi connectivity index (χ4v) is 2.47. The monoisotopic (exact) mass is 311 g/mol. The molecule has 0 aliphatic carbocycles. The first-order valence-electron chi connectivity index (χ1n) is 8.27. The van der Waals surface area contributed by atoms with Gasteiger partial charge in [-0.05, 0) is 30.5 Å². The van der Waals surface area contributed by atoms with E-state index in [4.69, 9.17) is 0 Å². The fourth-order valence-electron chi connectivity index (χ4n) is 2.47. The second kappa shape index (κ2) is 8.93. The molecule has 1 amide bonds. The van der Waals surface area contributed by atoms with Crippen molar-refractivity contribution in [3.8, 4) is 0 Å². The molecule has 0 saturated carbocycles. The average Bonchev–Trinajstić information content (AvgIpc) is 2.60. The summed E-state index contributed by atoms with van der Waals surface area (Å²) >= 11 is 0. The molecular formula is C19H25N3O. The Morgan fingerprint density at radius 2 is 1.78 bits per heavy atom. The quantitative estimate of drug-likeness (QED) is 0.802. The lowest BCUT2D eigenvalue weighted by molar-refractivity contribution is 0.0749. The maximum absolute atomic E-state index is 12.6. The van der Waals surface area contributed by atoms with Gasteiger partial charge in [-0.25, -0.2) is 0 Å². The van der Waals surface area contributed by atoms with Gasteiger partial charge in [0.05, 0.1) is 0 Å². The van der Waals surface area contributed by atoms with Gasteiger partial charge in [0.25, 0.3) is 5.91 Å². The summed E-state index contributed by atoms with van der Waals surface area (Å²) in [6.07, 6.45) is 3.60. The van der Waals surface area contributed by atoms with Crippen molar-refractivity contribution < 1.29 is 4.79 Å². The molecule has 0 aliphatic rings. The number of hydrogen-bond donors (Lipinski definition) is 1. The second-order valence-electron chi connectivity index (χ2n) is 5.56. The van der Waals surface area contributed by atoms with Crippen molar-refractivity contribution >= 4 is 11.6 Å². The summed E-state index contributed by atoms with van der Waals surface area (Å²) in [5, 5.41) is 3.35. The first-order valence-corrected chi connectivity index (χ1v) is 8.27. The predicted molar refractivity (Wildman–Crippen MR) is 94.5 cm³/mol. The minimum Gasteiger partial charge on any atom is -0.381 e. The lowest BCUT2D eigenvalue weighted by Crippen LogP contribution is -2.33. The Kier molecular flexibility index (Phi) is 6.60. The van der Waals surface area contributed by atoms with Gasteiger partial charge >= 0.3 is 0 Å². The van der Waals surface area contributed by atoms with Gasteiger partial charge in [-0.15, -0.1) is 0 Å². The van der Waals surface area contributed by atoms with E-state index in [1.165, 1.54) is 5.56 Å². The van der Waals surface area contributed by atoms with Crippen LogP contribution in [0.4, 0.5) is 5.69 Å². The van der Waals surface area contributed by atoms with Crippen LogP contribution in [0.25, 0.3) is 0 Å². The highest BCUT2D eigenvalue weighted by molar-refractivity contribution is 5.93. The lowest BCUT2D eigenvalue weighted by atomic mass is 10.2. The number of pyridine rings is 1. The summed E-state index contributed by atoms with van der Waals surface area (Å²) in [6.45, 7) is 6.45. The summed E-state index contributed by atoms with van der Waals surface area (Å²) in [4.78, 5) is 18.7. The third kappa shape index (κ3) is 5.09. The zero-order valence-electron chi connectivity index (χ0n) is 14.0. The normalized spacial score (nSPS) is 10.3. The molecule has 0 unspecified atom stereocenters. The Balaban J connectivity index is 2.04. The van der Waals surface area contributed by atoms with E-state index in [2.05, 4.69) is 36.3 Å². The van der Waals surface area contributed by atoms with E-state index in [0.717, 1.165) is 38.2 Å². The molecule has 122 valence electrons. The number of hydrogen-bond acceptors (Lipinski definition) is 3. The Labute approximate surface area is 138 Å². The summed E-state index contributed by atoms with van der Waals surface area (Å²) in [5.74, 6) is 0.0112. The lowest BCUT2D eigenvalue weighted by Gasteiger charge is -2.21. The van der Waals surface area contributed by atoms with Gasteiger partial charge in [-0.1, -0.05) is 44.2 Å². The van der Waals surface area contributed by atoms with Crippen molar-refractivity contribution in [2.24, 2.45) is 0 Å². The molecule has 2 rings (SSSR count). The third-order valence-electron chi connectivity index (χ3n) is 3.59. The molecule has 2 aromatic rings. The van der Waals surface area contributed by atoms with Crippen LogP contribution in [-0.2, 0) is 6.54 Å². The number of carbonyl (C=O) groups is 1.